The van der Waals surface area contributed by atoms with Gasteiger partial charge in [-0.3, -0.25) is 5.10 Å². The Labute approximate surface area is 128 Å². The van der Waals surface area contributed by atoms with Crippen molar-refractivity contribution in [2.75, 3.05) is 7.05 Å². The van der Waals surface area contributed by atoms with E-state index >= 15 is 0 Å². The zero-order chi connectivity index (χ0) is 16.4. The van der Waals surface area contributed by atoms with Crippen LogP contribution in [0.5, 0.6) is 0 Å². The fraction of sp³-hybridized carbons (Fsp3) is 0.786. The Morgan fingerprint density at radius 2 is 1.95 bits per heavy atom. The van der Waals surface area contributed by atoms with Gasteiger partial charge in [0.1, 0.15) is 0 Å². The van der Waals surface area contributed by atoms with Crippen molar-refractivity contribution in [3.05, 3.63) is 11.3 Å². The van der Waals surface area contributed by atoms with Crippen LogP contribution >= 0.6 is 0 Å². The predicted molar refractivity (Wildman–Crippen MR) is 84.6 cm³/mol. The summed E-state index contributed by atoms with van der Waals surface area (Å²) < 4.78 is 27.1. The van der Waals surface area contributed by atoms with Gasteiger partial charge in [0.15, 0.2) is 5.03 Å². The highest BCUT2D eigenvalue weighted by molar-refractivity contribution is 7.89. The van der Waals surface area contributed by atoms with Gasteiger partial charge in [-0.15, -0.1) is 0 Å². The van der Waals surface area contributed by atoms with Crippen LogP contribution in [0.4, 0.5) is 0 Å². The lowest BCUT2D eigenvalue weighted by Gasteiger charge is -2.33. The predicted octanol–water partition coefficient (Wildman–Crippen LogP) is 2.03. The molecule has 0 bridgehead atoms. The zero-order valence-electron chi connectivity index (χ0n) is 14.1. The molecule has 1 aromatic rings. The number of rotatable bonds is 7. The molecule has 6 nitrogen and oxygen atoms in total. The third kappa shape index (κ3) is 3.84. The summed E-state index contributed by atoms with van der Waals surface area (Å²) in [5, 5.41) is 10.2. The molecule has 0 saturated carbocycles. The van der Waals surface area contributed by atoms with Crippen molar-refractivity contribution in [1.82, 2.24) is 19.8 Å². The number of H-pyrrole nitrogens is 1. The van der Waals surface area contributed by atoms with E-state index in [4.69, 9.17) is 0 Å². The fourth-order valence-corrected chi connectivity index (χ4v) is 3.57. The molecule has 0 spiro atoms. The molecule has 21 heavy (non-hydrogen) atoms. The van der Waals surface area contributed by atoms with E-state index in [0.717, 1.165) is 12.1 Å². The van der Waals surface area contributed by atoms with Crippen LogP contribution in [0.15, 0.2) is 5.03 Å². The van der Waals surface area contributed by atoms with Crippen LogP contribution in [-0.2, 0) is 16.6 Å². The average Bonchev–Trinajstić information content (AvgIpc) is 2.77. The summed E-state index contributed by atoms with van der Waals surface area (Å²) in [6.07, 6.45) is 0.728. The maximum atomic E-state index is 12.8. The molecule has 1 aromatic heterocycles. The third-order valence-corrected chi connectivity index (χ3v) is 6.09. The molecule has 0 aromatic carbocycles. The van der Waals surface area contributed by atoms with Crippen molar-refractivity contribution in [3.8, 4) is 0 Å². The molecule has 0 saturated heterocycles. The SMILES string of the molecule is CCC(C)(C)N(C)S(=O)(=O)c1n[nH]c(C)c1CNC(C)C. The first-order chi connectivity index (χ1) is 9.54. The molecule has 0 aliphatic heterocycles. The number of aryl methyl sites for hydroxylation is 1. The summed E-state index contributed by atoms with van der Waals surface area (Å²) >= 11 is 0. The summed E-state index contributed by atoms with van der Waals surface area (Å²) in [5.74, 6) is 0. The quantitative estimate of drug-likeness (QED) is 0.807. The van der Waals surface area contributed by atoms with E-state index < -0.39 is 15.6 Å². The van der Waals surface area contributed by atoms with Crippen molar-refractivity contribution in [3.63, 3.8) is 0 Å². The maximum absolute atomic E-state index is 12.8. The standard InChI is InChI=1S/C14H28N4O2S/c1-8-14(5,6)18(7)21(19,20)13-12(9-15-10(2)3)11(4)16-17-13/h10,15H,8-9H2,1-7H3,(H,16,17). The van der Waals surface area contributed by atoms with E-state index in [9.17, 15) is 8.42 Å². The highest BCUT2D eigenvalue weighted by atomic mass is 32.2. The summed E-state index contributed by atoms with van der Waals surface area (Å²) in [5.41, 5.74) is 1.04. The monoisotopic (exact) mass is 316 g/mol. The van der Waals surface area contributed by atoms with Crippen molar-refractivity contribution in [1.29, 1.82) is 0 Å². The molecule has 0 unspecified atom stereocenters. The summed E-state index contributed by atoms with van der Waals surface area (Å²) in [4.78, 5) is 0. The van der Waals surface area contributed by atoms with Crippen LogP contribution in [0.3, 0.4) is 0 Å². The molecule has 1 heterocycles. The molecule has 0 radical (unpaired) electrons. The van der Waals surface area contributed by atoms with E-state index in [1.54, 1.807) is 7.05 Å². The lowest BCUT2D eigenvalue weighted by atomic mass is 10.0. The minimum absolute atomic E-state index is 0.122. The van der Waals surface area contributed by atoms with Gasteiger partial charge in [0, 0.05) is 36.4 Å². The minimum atomic E-state index is -3.62. The van der Waals surface area contributed by atoms with E-state index in [-0.39, 0.29) is 11.1 Å². The number of nitrogens with one attached hydrogen (secondary N) is 2. The first-order valence-electron chi connectivity index (χ1n) is 7.30. The van der Waals surface area contributed by atoms with Gasteiger partial charge in [-0.25, -0.2) is 8.42 Å². The molecule has 0 amide bonds. The highest BCUT2D eigenvalue weighted by Gasteiger charge is 2.36. The van der Waals surface area contributed by atoms with Gasteiger partial charge < -0.3 is 5.32 Å². The third-order valence-electron chi connectivity index (χ3n) is 4.05. The molecule has 122 valence electrons. The molecule has 0 atom stereocenters. The second-order valence-corrected chi connectivity index (χ2v) is 8.19. The number of sulfonamides is 1. The Morgan fingerprint density at radius 1 is 1.38 bits per heavy atom. The van der Waals surface area contributed by atoms with Crippen LogP contribution in [0, 0.1) is 6.92 Å². The molecule has 0 aliphatic rings. The Kier molecular flexibility index (Phi) is 5.57. The van der Waals surface area contributed by atoms with Gasteiger partial charge in [-0.2, -0.15) is 9.40 Å². The van der Waals surface area contributed by atoms with E-state index in [0.29, 0.717) is 12.1 Å². The molecular weight excluding hydrogens is 288 g/mol. The first kappa shape index (κ1) is 18.1. The number of nitrogens with zero attached hydrogens (tertiary/aromatic N) is 2. The number of aromatic amines is 1. The number of aromatic nitrogens is 2. The molecule has 1 rings (SSSR count). The minimum Gasteiger partial charge on any atom is -0.310 e. The van der Waals surface area contributed by atoms with Crippen LogP contribution in [0.25, 0.3) is 0 Å². The van der Waals surface area contributed by atoms with E-state index in [1.807, 2.05) is 41.5 Å². The Bertz CT molecular complexity index is 576. The van der Waals surface area contributed by atoms with Gasteiger partial charge in [0.25, 0.3) is 10.0 Å². The number of hydrogen-bond acceptors (Lipinski definition) is 4. The van der Waals surface area contributed by atoms with Crippen molar-refractivity contribution in [2.24, 2.45) is 0 Å². The van der Waals surface area contributed by atoms with E-state index in [1.165, 1.54) is 4.31 Å². The normalized spacial score (nSPS) is 13.4. The van der Waals surface area contributed by atoms with Gasteiger partial charge in [0.2, 0.25) is 0 Å². The van der Waals surface area contributed by atoms with Crippen LogP contribution in [-0.4, -0.2) is 41.5 Å². The van der Waals surface area contributed by atoms with Gasteiger partial charge in [-0.05, 0) is 27.2 Å². The van der Waals surface area contributed by atoms with Crippen molar-refractivity contribution >= 4 is 10.0 Å². The zero-order valence-corrected chi connectivity index (χ0v) is 14.9. The molecule has 2 N–H and O–H groups in total. The fourth-order valence-electron chi connectivity index (χ4n) is 1.84. The maximum Gasteiger partial charge on any atom is 0.262 e. The van der Waals surface area contributed by atoms with Gasteiger partial charge >= 0.3 is 0 Å². The Morgan fingerprint density at radius 3 is 2.43 bits per heavy atom. The topological polar surface area (TPSA) is 78.1 Å². The van der Waals surface area contributed by atoms with Crippen molar-refractivity contribution < 1.29 is 8.42 Å². The average molecular weight is 316 g/mol. The summed E-state index contributed by atoms with van der Waals surface area (Å²) in [6, 6.07) is 0.277. The molecular formula is C14H28N4O2S. The van der Waals surface area contributed by atoms with Crippen LogP contribution in [0.2, 0.25) is 0 Å². The Hall–Kier alpha value is -0.920. The smallest absolute Gasteiger partial charge is 0.262 e. The van der Waals surface area contributed by atoms with Gasteiger partial charge in [0.05, 0.1) is 0 Å². The lowest BCUT2D eigenvalue weighted by molar-refractivity contribution is 0.256. The summed E-state index contributed by atoms with van der Waals surface area (Å²) in [6.45, 7) is 12.2. The summed E-state index contributed by atoms with van der Waals surface area (Å²) in [7, 11) is -2.00. The second kappa shape index (κ2) is 6.46. The lowest BCUT2D eigenvalue weighted by Crippen LogP contribution is -2.44. The molecule has 7 heteroatoms. The molecule has 0 aliphatic carbocycles. The van der Waals surface area contributed by atoms with E-state index in [2.05, 4.69) is 15.5 Å². The Balaban J connectivity index is 3.21. The first-order valence-corrected chi connectivity index (χ1v) is 8.74. The van der Waals surface area contributed by atoms with Crippen LogP contribution in [0.1, 0.15) is 52.3 Å². The van der Waals surface area contributed by atoms with Crippen molar-refractivity contribution in [2.45, 2.75) is 71.1 Å². The van der Waals surface area contributed by atoms with Gasteiger partial charge in [-0.1, -0.05) is 20.8 Å². The molecule has 0 fully saturated rings. The highest BCUT2D eigenvalue weighted by Crippen LogP contribution is 2.27. The number of hydrogen-bond donors (Lipinski definition) is 2. The van der Waals surface area contributed by atoms with Crippen LogP contribution < -0.4 is 5.32 Å². The second-order valence-electron chi connectivity index (χ2n) is 6.31. The largest absolute Gasteiger partial charge is 0.310 e.